The fraction of sp³-hybridized carbons (Fsp3) is 0.120. The number of ketones is 1. The zero-order valence-corrected chi connectivity index (χ0v) is 19.8. The fourth-order valence-electron chi connectivity index (χ4n) is 2.61. The first-order chi connectivity index (χ1) is 18.1. The standard InChI is InChI=1S/C9H6F3NO2.C9H7F3O.C7H3F3O/c1-5(13(14)15)2-7-8(11)3-6(10)4-9(7)12;1-5(13)2-7-8(11)3-6(10)4-9(7)12;8-4-1-6(9)5(3-11)7(10)2-4/h2-4H,1H3;3-4H,2H2,1H3;1-3H. The van der Waals surface area contributed by atoms with Gasteiger partial charge >= 0.3 is 0 Å². The molecule has 0 aromatic heterocycles. The van der Waals surface area contributed by atoms with E-state index in [2.05, 4.69) is 0 Å². The first-order valence-electron chi connectivity index (χ1n) is 10.3. The summed E-state index contributed by atoms with van der Waals surface area (Å²) in [6.45, 7) is 2.30. The average Bonchev–Trinajstić information content (AvgIpc) is 2.79. The van der Waals surface area contributed by atoms with Gasteiger partial charge in [-0.15, -0.1) is 0 Å². The smallest absolute Gasteiger partial charge is 0.244 e. The molecule has 0 heterocycles. The summed E-state index contributed by atoms with van der Waals surface area (Å²) < 4.78 is 113. The van der Waals surface area contributed by atoms with Crippen LogP contribution in [-0.2, 0) is 11.2 Å². The molecule has 0 N–H and O–H groups in total. The molecule has 208 valence electrons. The van der Waals surface area contributed by atoms with Crippen LogP contribution in [0.2, 0.25) is 0 Å². The summed E-state index contributed by atoms with van der Waals surface area (Å²) in [6.07, 6.45) is 0.367. The van der Waals surface area contributed by atoms with E-state index >= 15 is 0 Å². The number of hydrogen-bond acceptors (Lipinski definition) is 4. The molecule has 0 radical (unpaired) electrons. The molecule has 0 saturated carbocycles. The summed E-state index contributed by atoms with van der Waals surface area (Å²) in [5, 5.41) is 10.2. The Labute approximate surface area is 214 Å². The number of nitrogens with zero attached hydrogens (tertiary/aromatic N) is 1. The number of allylic oxidation sites excluding steroid dienone is 1. The summed E-state index contributed by atoms with van der Waals surface area (Å²) in [4.78, 5) is 30.0. The van der Waals surface area contributed by atoms with Crippen molar-refractivity contribution in [3.05, 3.63) is 121 Å². The lowest BCUT2D eigenvalue weighted by molar-refractivity contribution is -0.422. The van der Waals surface area contributed by atoms with Gasteiger partial charge in [0.2, 0.25) is 5.70 Å². The van der Waals surface area contributed by atoms with Gasteiger partial charge < -0.3 is 0 Å². The van der Waals surface area contributed by atoms with Gasteiger partial charge in [-0.3, -0.25) is 19.7 Å². The number of carbonyl (C=O) groups excluding carboxylic acids is 2. The van der Waals surface area contributed by atoms with Crippen LogP contribution >= 0.6 is 0 Å². The molecule has 0 fully saturated rings. The Morgan fingerprint density at radius 2 is 1.03 bits per heavy atom. The second kappa shape index (κ2) is 14.4. The Morgan fingerprint density at radius 3 is 1.33 bits per heavy atom. The number of rotatable bonds is 5. The lowest BCUT2D eigenvalue weighted by Gasteiger charge is -2.01. The van der Waals surface area contributed by atoms with Crippen molar-refractivity contribution in [1.29, 1.82) is 0 Å². The van der Waals surface area contributed by atoms with Crippen molar-refractivity contribution in [2.45, 2.75) is 20.3 Å². The van der Waals surface area contributed by atoms with Crippen LogP contribution in [0.3, 0.4) is 0 Å². The highest BCUT2D eigenvalue weighted by molar-refractivity contribution is 5.78. The Morgan fingerprint density at radius 1 is 0.692 bits per heavy atom. The molecule has 3 rings (SSSR count). The van der Waals surface area contributed by atoms with E-state index in [1.807, 2.05) is 0 Å². The molecule has 0 aliphatic heterocycles. The number of nitro groups is 1. The van der Waals surface area contributed by atoms with Crippen molar-refractivity contribution >= 4 is 18.1 Å². The summed E-state index contributed by atoms with van der Waals surface area (Å²) >= 11 is 0. The van der Waals surface area contributed by atoms with E-state index in [1.165, 1.54) is 6.92 Å². The van der Waals surface area contributed by atoms with Gasteiger partial charge in [0, 0.05) is 61.4 Å². The van der Waals surface area contributed by atoms with Crippen LogP contribution in [0.5, 0.6) is 0 Å². The lowest BCUT2D eigenvalue weighted by atomic mass is 10.1. The number of hydrogen-bond donors (Lipinski definition) is 0. The maximum Gasteiger partial charge on any atom is 0.244 e. The summed E-state index contributed by atoms with van der Waals surface area (Å²) in [5.74, 6) is -10.2. The van der Waals surface area contributed by atoms with Crippen molar-refractivity contribution in [2.75, 3.05) is 0 Å². The molecule has 14 heteroatoms. The third-order valence-electron chi connectivity index (χ3n) is 4.38. The predicted molar refractivity (Wildman–Crippen MR) is 119 cm³/mol. The minimum absolute atomic E-state index is 0.00407. The highest BCUT2D eigenvalue weighted by atomic mass is 19.2. The molecule has 0 saturated heterocycles. The molecule has 0 aliphatic rings. The second-order valence-electron chi connectivity index (χ2n) is 7.45. The van der Waals surface area contributed by atoms with Gasteiger partial charge in [0.25, 0.3) is 0 Å². The van der Waals surface area contributed by atoms with Gasteiger partial charge in [-0.05, 0) is 6.92 Å². The molecule has 5 nitrogen and oxygen atoms in total. The molecule has 0 spiro atoms. The van der Waals surface area contributed by atoms with Crippen LogP contribution in [0, 0.1) is 62.5 Å². The van der Waals surface area contributed by atoms with E-state index < -0.39 is 74.1 Å². The van der Waals surface area contributed by atoms with E-state index in [1.54, 1.807) is 0 Å². The molecule has 0 bridgehead atoms. The Kier molecular flexibility index (Phi) is 12.1. The van der Waals surface area contributed by atoms with E-state index in [0.29, 0.717) is 42.5 Å². The van der Waals surface area contributed by atoms with E-state index in [4.69, 9.17) is 0 Å². The molecule has 39 heavy (non-hydrogen) atoms. The number of aldehydes is 1. The van der Waals surface area contributed by atoms with Gasteiger partial charge in [0.1, 0.15) is 58.1 Å². The van der Waals surface area contributed by atoms with E-state index in [0.717, 1.165) is 6.92 Å². The largest absolute Gasteiger partial charge is 0.300 e. The van der Waals surface area contributed by atoms with Crippen LogP contribution < -0.4 is 0 Å². The summed E-state index contributed by atoms with van der Waals surface area (Å²) in [6, 6.07) is 2.94. The highest BCUT2D eigenvalue weighted by Gasteiger charge is 2.14. The van der Waals surface area contributed by atoms with E-state index in [-0.39, 0.29) is 24.1 Å². The van der Waals surface area contributed by atoms with E-state index in [9.17, 15) is 59.2 Å². The third kappa shape index (κ3) is 10.1. The molecular weight excluding hydrogens is 549 g/mol. The lowest BCUT2D eigenvalue weighted by Crippen LogP contribution is -2.03. The van der Waals surface area contributed by atoms with Gasteiger partial charge in [-0.2, -0.15) is 0 Å². The summed E-state index contributed by atoms with van der Waals surface area (Å²) in [5.41, 5.74) is -2.18. The Bertz CT molecular complexity index is 1360. The quantitative estimate of drug-likeness (QED) is 0.146. The minimum Gasteiger partial charge on any atom is -0.300 e. The van der Waals surface area contributed by atoms with Crippen LogP contribution in [0.25, 0.3) is 6.08 Å². The predicted octanol–water partition coefficient (Wildman–Crippen LogP) is 6.89. The highest BCUT2D eigenvalue weighted by Crippen LogP contribution is 2.18. The minimum atomic E-state index is -1.18. The second-order valence-corrected chi connectivity index (χ2v) is 7.45. The SMILES string of the molecule is CC(=Cc1c(F)cc(F)cc1F)[N+](=O)[O-].CC(=O)Cc1c(F)cc(F)cc1F.O=Cc1c(F)cc(F)cc1F. The molecule has 3 aromatic carbocycles. The number of Topliss-reactive ketones (excluding diaryl/α,β-unsaturated/α-hetero) is 1. The Balaban J connectivity index is 0.000000296. The molecule has 0 aliphatic carbocycles. The monoisotopic (exact) mass is 565 g/mol. The third-order valence-corrected chi connectivity index (χ3v) is 4.38. The van der Waals surface area contributed by atoms with Gasteiger partial charge in [0.05, 0.1) is 16.1 Å². The molecule has 0 atom stereocenters. The molecule has 0 amide bonds. The topological polar surface area (TPSA) is 77.3 Å². The van der Waals surface area contributed by atoms with Crippen molar-refractivity contribution in [2.24, 2.45) is 0 Å². The fourth-order valence-corrected chi connectivity index (χ4v) is 2.61. The number of halogens is 9. The average molecular weight is 565 g/mol. The molecule has 0 unspecified atom stereocenters. The summed E-state index contributed by atoms with van der Waals surface area (Å²) in [7, 11) is 0. The van der Waals surface area contributed by atoms with Crippen LogP contribution in [0.4, 0.5) is 39.5 Å². The maximum atomic E-state index is 13.0. The van der Waals surface area contributed by atoms with Crippen molar-refractivity contribution < 1.29 is 54.0 Å². The van der Waals surface area contributed by atoms with Gasteiger partial charge in [0.15, 0.2) is 6.29 Å². The van der Waals surface area contributed by atoms with Gasteiger partial charge in [-0.25, -0.2) is 39.5 Å². The normalized spacial score (nSPS) is 10.6. The maximum absolute atomic E-state index is 13.0. The van der Waals surface area contributed by atoms with Crippen molar-refractivity contribution in [1.82, 2.24) is 0 Å². The van der Waals surface area contributed by atoms with Crippen molar-refractivity contribution in [3.8, 4) is 0 Å². The molecule has 3 aromatic rings. The first-order valence-corrected chi connectivity index (χ1v) is 10.3. The van der Waals surface area contributed by atoms with Crippen LogP contribution in [-0.4, -0.2) is 17.0 Å². The van der Waals surface area contributed by atoms with Crippen molar-refractivity contribution in [3.63, 3.8) is 0 Å². The van der Waals surface area contributed by atoms with Crippen LogP contribution in [0.1, 0.15) is 35.3 Å². The van der Waals surface area contributed by atoms with Gasteiger partial charge in [-0.1, -0.05) is 0 Å². The van der Waals surface area contributed by atoms with Crippen LogP contribution in [0.15, 0.2) is 42.1 Å². The zero-order chi connectivity index (χ0) is 30.0. The Hall–Kier alpha value is -4.49. The number of carbonyl (C=O) groups is 2. The number of benzene rings is 3. The molecular formula is C25H16F9NO4. The first kappa shape index (κ1) is 32.5. The zero-order valence-electron chi connectivity index (χ0n) is 19.8.